The molecule has 0 atom stereocenters. The lowest BCUT2D eigenvalue weighted by Gasteiger charge is -2.28. The monoisotopic (exact) mass is 661 g/mol. The number of nitrogens with zero attached hydrogens (tertiary/aromatic N) is 4. The van der Waals surface area contributed by atoms with Crippen molar-refractivity contribution in [2.75, 3.05) is 58.3 Å². The maximum Gasteiger partial charge on any atom is 0.434 e. The first kappa shape index (κ1) is 33.5. The number of piperidine rings is 2. The third-order valence-electron chi connectivity index (χ3n) is 8.09. The minimum absolute atomic E-state index is 0.0452. The molecule has 2 amide bonds. The summed E-state index contributed by atoms with van der Waals surface area (Å²) in [7, 11) is 2.07. The summed E-state index contributed by atoms with van der Waals surface area (Å²) in [5.41, 5.74) is 0.0682. The molecule has 0 saturated carbocycles. The van der Waals surface area contributed by atoms with Gasteiger partial charge in [0.2, 0.25) is 5.88 Å². The molecule has 2 aliphatic rings. The number of carbonyl (C=O) groups excluding carboxylic acids is 2. The number of hydrogen-bond donors (Lipinski definition) is 3. The highest BCUT2D eigenvalue weighted by atomic mass is 32.1. The molecule has 3 aromatic heterocycles. The average Bonchev–Trinajstić information content (AvgIpc) is 3.55. The number of likely N-dealkylation sites (tertiary alicyclic amines) is 1. The van der Waals surface area contributed by atoms with E-state index in [1.54, 1.807) is 13.0 Å². The third-order valence-corrected chi connectivity index (χ3v) is 8.96. The van der Waals surface area contributed by atoms with Gasteiger partial charge in [0.05, 0.1) is 18.8 Å². The number of urea groups is 1. The van der Waals surface area contributed by atoms with Crippen LogP contribution < -0.4 is 20.7 Å². The van der Waals surface area contributed by atoms with E-state index < -0.39 is 23.9 Å². The van der Waals surface area contributed by atoms with E-state index in [4.69, 9.17) is 9.47 Å². The molecular weight excluding hydrogens is 623 g/mol. The Balaban J connectivity index is 1.52. The van der Waals surface area contributed by atoms with Crippen LogP contribution in [0.3, 0.4) is 0 Å². The molecule has 2 aliphatic heterocycles. The SMILES string of the molecule is CCNC(=O)Nc1cc(-c2nc(C(F)(F)F)cs2)c(-c2cc(C(=O)OCC3CCNCC3)cnc2OCC2CCN(C)CC2)cn1. The van der Waals surface area contributed by atoms with E-state index in [9.17, 15) is 22.8 Å². The number of nitrogens with one attached hydrogen (secondary N) is 3. The molecule has 5 heterocycles. The van der Waals surface area contributed by atoms with Gasteiger partial charge in [0.25, 0.3) is 0 Å². The highest BCUT2D eigenvalue weighted by Gasteiger charge is 2.34. The van der Waals surface area contributed by atoms with Crippen LogP contribution in [0.15, 0.2) is 29.9 Å². The molecule has 46 heavy (non-hydrogen) atoms. The van der Waals surface area contributed by atoms with E-state index in [0.717, 1.165) is 68.6 Å². The molecule has 0 bridgehead atoms. The maximum atomic E-state index is 13.6. The van der Waals surface area contributed by atoms with E-state index in [1.807, 2.05) is 0 Å². The Morgan fingerprint density at radius 1 is 1.02 bits per heavy atom. The lowest BCUT2D eigenvalue weighted by atomic mass is 9.98. The van der Waals surface area contributed by atoms with Crippen molar-refractivity contribution < 1.29 is 32.2 Å². The molecule has 3 N–H and O–H groups in total. The van der Waals surface area contributed by atoms with Crippen molar-refractivity contribution in [3.8, 4) is 27.6 Å². The molecule has 5 rings (SSSR count). The first-order valence-corrected chi connectivity index (χ1v) is 16.3. The van der Waals surface area contributed by atoms with Gasteiger partial charge >= 0.3 is 18.2 Å². The summed E-state index contributed by atoms with van der Waals surface area (Å²) in [6, 6.07) is 2.50. The van der Waals surface area contributed by atoms with Gasteiger partial charge in [-0.25, -0.2) is 24.5 Å². The Bertz CT molecular complexity index is 1510. The van der Waals surface area contributed by atoms with Gasteiger partial charge < -0.3 is 25.0 Å². The second kappa shape index (κ2) is 15.2. The van der Waals surface area contributed by atoms with Gasteiger partial charge in [0.15, 0.2) is 5.69 Å². The fourth-order valence-electron chi connectivity index (χ4n) is 5.39. The number of pyridine rings is 2. The van der Waals surface area contributed by atoms with Gasteiger partial charge in [-0.3, -0.25) is 5.32 Å². The Labute approximate surface area is 269 Å². The number of ether oxygens (including phenoxy) is 2. The zero-order valence-corrected chi connectivity index (χ0v) is 26.6. The van der Waals surface area contributed by atoms with Gasteiger partial charge in [-0.05, 0) is 89.8 Å². The summed E-state index contributed by atoms with van der Waals surface area (Å²) >= 11 is 0.803. The fraction of sp³-hybridized carbons (Fsp3) is 0.516. The summed E-state index contributed by atoms with van der Waals surface area (Å²) in [6.45, 7) is 6.38. The lowest BCUT2D eigenvalue weighted by molar-refractivity contribution is -0.140. The predicted octanol–water partition coefficient (Wildman–Crippen LogP) is 5.30. The quantitative estimate of drug-likeness (QED) is 0.248. The van der Waals surface area contributed by atoms with Gasteiger partial charge in [0.1, 0.15) is 10.8 Å². The zero-order chi connectivity index (χ0) is 32.7. The van der Waals surface area contributed by atoms with Gasteiger partial charge in [-0.1, -0.05) is 0 Å². The van der Waals surface area contributed by atoms with Gasteiger partial charge in [-0.15, -0.1) is 11.3 Å². The number of esters is 1. The summed E-state index contributed by atoms with van der Waals surface area (Å²) < 4.78 is 52.6. The highest BCUT2D eigenvalue weighted by Crippen LogP contribution is 2.41. The van der Waals surface area contributed by atoms with Crippen LogP contribution in [0.25, 0.3) is 21.7 Å². The first-order chi connectivity index (χ1) is 22.1. The van der Waals surface area contributed by atoms with Crippen LogP contribution in [0.4, 0.5) is 23.8 Å². The molecule has 2 saturated heterocycles. The average molecular weight is 662 g/mol. The molecule has 11 nitrogen and oxygen atoms in total. The number of carbonyl (C=O) groups is 2. The Morgan fingerprint density at radius 3 is 2.46 bits per heavy atom. The molecule has 2 fully saturated rings. The predicted molar refractivity (Wildman–Crippen MR) is 168 cm³/mol. The van der Waals surface area contributed by atoms with Crippen LogP contribution in [-0.2, 0) is 10.9 Å². The summed E-state index contributed by atoms with van der Waals surface area (Å²) in [5, 5.41) is 9.46. The van der Waals surface area contributed by atoms with Crippen molar-refractivity contribution >= 4 is 29.2 Å². The minimum atomic E-state index is -4.65. The van der Waals surface area contributed by atoms with Crippen LogP contribution in [-0.4, -0.2) is 84.8 Å². The van der Waals surface area contributed by atoms with E-state index >= 15 is 0 Å². The van der Waals surface area contributed by atoms with Crippen LogP contribution in [0.2, 0.25) is 0 Å². The number of amides is 2. The van der Waals surface area contributed by atoms with Crippen molar-refractivity contribution in [1.29, 1.82) is 0 Å². The Morgan fingerprint density at radius 2 is 1.76 bits per heavy atom. The lowest BCUT2D eigenvalue weighted by Crippen LogP contribution is -2.32. The number of halogens is 3. The van der Waals surface area contributed by atoms with Crippen molar-refractivity contribution in [3.05, 3.63) is 41.2 Å². The second-order valence-corrected chi connectivity index (χ2v) is 12.4. The van der Waals surface area contributed by atoms with Crippen molar-refractivity contribution in [3.63, 3.8) is 0 Å². The van der Waals surface area contributed by atoms with Crippen molar-refractivity contribution in [2.45, 2.75) is 38.8 Å². The largest absolute Gasteiger partial charge is 0.477 e. The van der Waals surface area contributed by atoms with E-state index in [-0.39, 0.29) is 46.3 Å². The van der Waals surface area contributed by atoms with Gasteiger partial charge in [0, 0.05) is 41.0 Å². The number of thiazole rings is 1. The summed E-state index contributed by atoms with van der Waals surface area (Å²) in [4.78, 5) is 40.4. The Kier molecular flexibility index (Phi) is 11.1. The third kappa shape index (κ3) is 8.70. The minimum Gasteiger partial charge on any atom is -0.477 e. The number of hydrogen-bond acceptors (Lipinski definition) is 10. The first-order valence-electron chi connectivity index (χ1n) is 15.4. The number of aromatic nitrogens is 3. The second-order valence-electron chi connectivity index (χ2n) is 11.6. The highest BCUT2D eigenvalue weighted by molar-refractivity contribution is 7.13. The maximum absolute atomic E-state index is 13.6. The van der Waals surface area contributed by atoms with Crippen LogP contribution in [0.1, 0.15) is 48.7 Å². The van der Waals surface area contributed by atoms with Crippen molar-refractivity contribution in [2.24, 2.45) is 11.8 Å². The standard InChI is InChI=1S/C31H38F3N7O4S/c1-3-36-30(43)40-26-13-23(28-39-25(18-46-28)31(32,33)34)24(15-37-26)22-12-21(29(42)45-17-19-4-8-35-9-5-19)14-38-27(22)44-16-20-6-10-41(2)11-7-20/h12-15,18-20,35H,3-11,16-17H2,1-2H3,(H2,36,37,40,43). The molecule has 248 valence electrons. The fourth-order valence-corrected chi connectivity index (χ4v) is 6.24. The van der Waals surface area contributed by atoms with Crippen LogP contribution >= 0.6 is 11.3 Å². The van der Waals surface area contributed by atoms with Gasteiger partial charge in [-0.2, -0.15) is 13.2 Å². The number of rotatable bonds is 10. The molecule has 15 heteroatoms. The van der Waals surface area contributed by atoms with Crippen LogP contribution in [0.5, 0.6) is 5.88 Å². The molecule has 0 spiro atoms. The topological polar surface area (TPSA) is 131 Å². The van der Waals surface area contributed by atoms with E-state index in [2.05, 4.69) is 42.8 Å². The molecule has 0 aliphatic carbocycles. The van der Waals surface area contributed by atoms with E-state index in [0.29, 0.717) is 24.3 Å². The Hall–Kier alpha value is -3.82. The molecule has 0 unspecified atom stereocenters. The zero-order valence-electron chi connectivity index (χ0n) is 25.8. The van der Waals surface area contributed by atoms with Crippen molar-refractivity contribution in [1.82, 2.24) is 30.5 Å². The number of alkyl halides is 3. The molecule has 3 aromatic rings. The molecule has 0 radical (unpaired) electrons. The molecular formula is C31H38F3N7O4S. The molecule has 0 aromatic carbocycles. The summed E-state index contributed by atoms with van der Waals surface area (Å²) in [6.07, 6.45) is 1.85. The summed E-state index contributed by atoms with van der Waals surface area (Å²) in [5.74, 6) is 0.284. The van der Waals surface area contributed by atoms with E-state index in [1.165, 1.54) is 18.5 Å². The smallest absolute Gasteiger partial charge is 0.434 e. The normalized spacial score (nSPS) is 16.6. The number of anilines is 1. The van der Waals surface area contributed by atoms with Crippen LogP contribution in [0, 0.1) is 11.8 Å².